The van der Waals surface area contributed by atoms with E-state index in [4.69, 9.17) is 14.5 Å². The van der Waals surface area contributed by atoms with Gasteiger partial charge >= 0.3 is 0 Å². The number of hydrogen-bond donors (Lipinski definition) is 0. The van der Waals surface area contributed by atoms with E-state index in [0.29, 0.717) is 0 Å². The molecular formula is C21H21FN2O2S. The zero-order valence-corrected chi connectivity index (χ0v) is 15.9. The van der Waals surface area contributed by atoms with Crippen molar-refractivity contribution in [2.24, 2.45) is 4.99 Å². The Morgan fingerprint density at radius 2 is 1.96 bits per heavy atom. The summed E-state index contributed by atoms with van der Waals surface area (Å²) in [5.41, 5.74) is 2.94. The summed E-state index contributed by atoms with van der Waals surface area (Å²) in [6, 6.07) is 14.3. The fourth-order valence-electron chi connectivity index (χ4n) is 3.21. The van der Waals surface area contributed by atoms with Crippen LogP contribution >= 0.6 is 11.3 Å². The number of benzene rings is 2. The quantitative estimate of drug-likeness (QED) is 0.635. The molecule has 3 aromatic rings. The van der Waals surface area contributed by atoms with E-state index in [-0.39, 0.29) is 11.9 Å². The maximum atomic E-state index is 13.2. The fourth-order valence-corrected chi connectivity index (χ4v) is 4.14. The van der Waals surface area contributed by atoms with Gasteiger partial charge in [0.05, 0.1) is 31.1 Å². The second kappa shape index (κ2) is 8.06. The molecule has 1 aromatic heterocycles. The highest BCUT2D eigenvalue weighted by molar-refractivity contribution is 7.07. The molecule has 0 bridgehead atoms. The van der Waals surface area contributed by atoms with Gasteiger partial charge in [-0.25, -0.2) is 9.38 Å². The molecule has 0 aliphatic carbocycles. The monoisotopic (exact) mass is 384 g/mol. The molecule has 0 radical (unpaired) electrons. The summed E-state index contributed by atoms with van der Waals surface area (Å²) in [7, 11) is 1.66. The van der Waals surface area contributed by atoms with Crippen LogP contribution in [-0.2, 0) is 11.3 Å². The van der Waals surface area contributed by atoms with E-state index in [1.807, 2.05) is 12.1 Å². The number of rotatable bonds is 5. The molecule has 0 saturated carbocycles. The van der Waals surface area contributed by atoms with E-state index < -0.39 is 0 Å². The first-order valence-electron chi connectivity index (χ1n) is 8.97. The van der Waals surface area contributed by atoms with E-state index >= 15 is 0 Å². The average Bonchev–Trinajstić information content (AvgIpc) is 3.35. The van der Waals surface area contributed by atoms with Gasteiger partial charge in [0.1, 0.15) is 11.6 Å². The summed E-state index contributed by atoms with van der Waals surface area (Å²) < 4.78 is 26.5. The maximum Gasteiger partial charge on any atom is 0.190 e. The Balaban J connectivity index is 1.76. The van der Waals surface area contributed by atoms with Crippen molar-refractivity contribution in [2.75, 3.05) is 13.7 Å². The molecule has 140 valence electrons. The lowest BCUT2D eigenvalue weighted by Gasteiger charge is -2.14. The molecule has 6 heteroatoms. The fraction of sp³-hybridized carbons (Fsp3) is 0.286. The van der Waals surface area contributed by atoms with Gasteiger partial charge in [0.15, 0.2) is 4.80 Å². The van der Waals surface area contributed by atoms with E-state index in [9.17, 15) is 4.39 Å². The van der Waals surface area contributed by atoms with E-state index in [2.05, 4.69) is 22.1 Å². The van der Waals surface area contributed by atoms with Crippen molar-refractivity contribution in [2.45, 2.75) is 25.5 Å². The first-order valence-corrected chi connectivity index (χ1v) is 9.85. The van der Waals surface area contributed by atoms with Crippen LogP contribution in [0.2, 0.25) is 0 Å². The van der Waals surface area contributed by atoms with Gasteiger partial charge in [-0.15, -0.1) is 11.3 Å². The van der Waals surface area contributed by atoms with Crippen molar-refractivity contribution >= 4 is 17.0 Å². The minimum absolute atomic E-state index is 0.198. The summed E-state index contributed by atoms with van der Waals surface area (Å²) in [4.78, 5) is 5.62. The maximum absolute atomic E-state index is 13.2. The zero-order valence-electron chi connectivity index (χ0n) is 15.1. The summed E-state index contributed by atoms with van der Waals surface area (Å²) >= 11 is 1.58. The van der Waals surface area contributed by atoms with Gasteiger partial charge in [-0.3, -0.25) is 0 Å². The number of ether oxygens (including phenoxy) is 2. The highest BCUT2D eigenvalue weighted by atomic mass is 32.1. The SMILES string of the molecule is COc1ccc(-c2csc(=Nc3ccc(F)cc3)n2CC2CCCO2)cc1. The molecule has 2 heterocycles. The van der Waals surface area contributed by atoms with Gasteiger partial charge in [-0.05, 0) is 66.9 Å². The van der Waals surface area contributed by atoms with Crippen molar-refractivity contribution in [3.63, 3.8) is 0 Å². The van der Waals surface area contributed by atoms with Crippen LogP contribution in [0.4, 0.5) is 10.1 Å². The second-order valence-corrected chi connectivity index (χ2v) is 7.30. The largest absolute Gasteiger partial charge is 0.497 e. The van der Waals surface area contributed by atoms with E-state index in [1.165, 1.54) is 12.1 Å². The Labute approximate surface area is 161 Å². The molecule has 1 saturated heterocycles. The molecule has 0 N–H and O–H groups in total. The smallest absolute Gasteiger partial charge is 0.190 e. The zero-order chi connectivity index (χ0) is 18.6. The van der Waals surface area contributed by atoms with Gasteiger partial charge in [0.25, 0.3) is 0 Å². The predicted octanol–water partition coefficient (Wildman–Crippen LogP) is 4.78. The lowest BCUT2D eigenvalue weighted by molar-refractivity contribution is 0.0968. The number of nitrogens with zero attached hydrogens (tertiary/aromatic N) is 2. The minimum atomic E-state index is -0.258. The summed E-state index contributed by atoms with van der Waals surface area (Å²) in [6.07, 6.45) is 2.35. The van der Waals surface area contributed by atoms with Crippen molar-refractivity contribution < 1.29 is 13.9 Å². The van der Waals surface area contributed by atoms with Crippen molar-refractivity contribution in [3.05, 3.63) is 64.5 Å². The average molecular weight is 384 g/mol. The Morgan fingerprint density at radius 1 is 1.19 bits per heavy atom. The van der Waals surface area contributed by atoms with Crippen LogP contribution in [0.1, 0.15) is 12.8 Å². The van der Waals surface area contributed by atoms with Crippen LogP contribution in [0.5, 0.6) is 5.75 Å². The predicted molar refractivity (Wildman–Crippen MR) is 105 cm³/mol. The van der Waals surface area contributed by atoms with Crippen LogP contribution in [0.3, 0.4) is 0 Å². The van der Waals surface area contributed by atoms with Gasteiger partial charge < -0.3 is 14.0 Å². The van der Waals surface area contributed by atoms with Gasteiger partial charge in [0, 0.05) is 12.0 Å². The molecule has 4 rings (SSSR count). The van der Waals surface area contributed by atoms with Crippen molar-refractivity contribution in [1.82, 2.24) is 4.57 Å². The number of thiazole rings is 1. The third-order valence-corrected chi connectivity index (χ3v) is 5.51. The third-order valence-electron chi connectivity index (χ3n) is 4.65. The molecule has 4 nitrogen and oxygen atoms in total. The van der Waals surface area contributed by atoms with Crippen molar-refractivity contribution in [1.29, 1.82) is 0 Å². The van der Waals surface area contributed by atoms with Crippen LogP contribution in [-0.4, -0.2) is 24.4 Å². The van der Waals surface area contributed by atoms with Gasteiger partial charge in [0.2, 0.25) is 0 Å². The minimum Gasteiger partial charge on any atom is -0.497 e. The second-order valence-electron chi connectivity index (χ2n) is 6.47. The molecule has 1 fully saturated rings. The third kappa shape index (κ3) is 4.12. The number of hydrogen-bond acceptors (Lipinski definition) is 4. The van der Waals surface area contributed by atoms with E-state index in [1.54, 1.807) is 30.6 Å². The Hall–Kier alpha value is -2.44. The Morgan fingerprint density at radius 3 is 2.63 bits per heavy atom. The molecular weight excluding hydrogens is 363 g/mol. The van der Waals surface area contributed by atoms with Crippen LogP contribution in [0.25, 0.3) is 11.3 Å². The van der Waals surface area contributed by atoms with E-state index in [0.717, 1.165) is 53.5 Å². The highest BCUT2D eigenvalue weighted by Gasteiger charge is 2.19. The lowest BCUT2D eigenvalue weighted by atomic mass is 10.1. The number of methoxy groups -OCH3 is 1. The van der Waals surface area contributed by atoms with Crippen LogP contribution in [0, 0.1) is 5.82 Å². The van der Waals surface area contributed by atoms with Crippen LogP contribution in [0.15, 0.2) is 58.9 Å². The van der Waals surface area contributed by atoms with Crippen LogP contribution < -0.4 is 9.54 Å². The highest BCUT2D eigenvalue weighted by Crippen LogP contribution is 2.25. The Bertz CT molecular complexity index is 955. The Kier molecular flexibility index (Phi) is 5.36. The molecule has 0 spiro atoms. The summed E-state index contributed by atoms with van der Waals surface area (Å²) in [5, 5.41) is 2.11. The van der Waals surface area contributed by atoms with Crippen molar-refractivity contribution in [3.8, 4) is 17.0 Å². The molecule has 27 heavy (non-hydrogen) atoms. The number of aromatic nitrogens is 1. The van der Waals surface area contributed by atoms with Gasteiger partial charge in [-0.1, -0.05) is 0 Å². The molecule has 0 amide bonds. The normalized spacial score (nSPS) is 17.4. The molecule has 1 aliphatic heterocycles. The topological polar surface area (TPSA) is 35.8 Å². The lowest BCUT2D eigenvalue weighted by Crippen LogP contribution is -2.24. The molecule has 1 aliphatic rings. The first kappa shape index (κ1) is 17.9. The number of halogens is 1. The molecule has 1 atom stereocenters. The summed E-state index contributed by atoms with van der Waals surface area (Å²) in [6.45, 7) is 1.57. The van der Waals surface area contributed by atoms with Gasteiger partial charge in [-0.2, -0.15) is 0 Å². The molecule has 2 aromatic carbocycles. The molecule has 1 unspecified atom stereocenters. The first-order chi connectivity index (χ1) is 13.2. The standard InChI is InChI=1S/C21H21FN2O2S/c1-25-18-10-4-15(5-11-18)20-14-27-21(23-17-8-6-16(22)7-9-17)24(20)13-19-3-2-12-26-19/h4-11,14,19H,2-3,12-13H2,1H3. The summed E-state index contributed by atoms with van der Waals surface area (Å²) in [5.74, 6) is 0.571.